The molecule has 0 saturated heterocycles. The molecule has 7 N–H and O–H groups in total. The zero-order valence-corrected chi connectivity index (χ0v) is 45.6. The molecular formula is C46H52ClF8N10O8S2Y-. The molecule has 0 aliphatic carbocycles. The molecule has 2 aromatic heterocycles. The van der Waals surface area contributed by atoms with Crippen molar-refractivity contribution < 1.29 is 104 Å². The van der Waals surface area contributed by atoms with Gasteiger partial charge in [-0.15, -0.1) is 11.6 Å². The molecule has 413 valence electrons. The van der Waals surface area contributed by atoms with Crippen LogP contribution in [-0.4, -0.2) is 104 Å². The number of nitrogens with one attached hydrogen (secondary N) is 5. The van der Waals surface area contributed by atoms with Crippen LogP contribution in [0.1, 0.15) is 24.1 Å². The van der Waals surface area contributed by atoms with Crippen LogP contribution >= 0.6 is 10.7 Å². The molecule has 0 aliphatic rings. The van der Waals surface area contributed by atoms with E-state index >= 15 is 0 Å². The fourth-order valence-electron chi connectivity index (χ4n) is 5.89. The Hall–Kier alpha value is -5.59. The van der Waals surface area contributed by atoms with E-state index in [9.17, 15) is 52.0 Å². The molecular weight excluding hydrogens is 1160 g/mol. The standard InChI is InChI=1S/C22H22F4N5O4S.C15H20FN5O2.C8H6ClF3O2S.CH4.Y/c1-13-18(11-16(23)20(26)19(13)25)36(32,33)29-8-7-27-21-17(24)12-28-22(31-21)30-14-3-5-15(6-4-14)35-10-9-34-2;1-22-8-9-23-12-4-2-11(3-5-12)20-15-19-10-13(16)14(21-15)18-7-6-17;1-3-5(10)7(12)6(11)4(2)8(3)15(9,13)14;;/h3-6,12,29H,7-10H2,1-2H3,(H2,27,28,30,31);2-5,10H,6-9,17H2,1H3,(H2,18,19,20,21);1-2H3;1H4;/q-1;;;;. The molecule has 76 heavy (non-hydrogen) atoms. The SMILES string of the molecule is C.COCCOc1ccc(Nc2ncc(F)c(NCCN)n2)cc1.COCCOc1ccc(Nc2ncc(F)c(NCCNS(=O)(=O)c3[c-]c(F)c(F)c(F)c3C)n2)cc1.Cc1c(F)c(F)c(F)c(C)c1S(=O)(=O)Cl.[Y]. The molecule has 2 heterocycles. The molecule has 0 saturated carbocycles. The number of nitrogens with zero attached hydrogens (tertiary/aromatic N) is 4. The van der Waals surface area contributed by atoms with E-state index < -0.39 is 92.1 Å². The Kier molecular flexibility index (Phi) is 27.7. The van der Waals surface area contributed by atoms with Gasteiger partial charge in [0.2, 0.25) is 21.9 Å². The van der Waals surface area contributed by atoms with E-state index in [1.54, 1.807) is 44.6 Å². The van der Waals surface area contributed by atoms with Crippen LogP contribution in [0.5, 0.6) is 11.5 Å². The van der Waals surface area contributed by atoms with Crippen molar-refractivity contribution in [3.05, 3.63) is 130 Å². The van der Waals surface area contributed by atoms with Gasteiger partial charge >= 0.3 is 0 Å². The van der Waals surface area contributed by atoms with Crippen molar-refractivity contribution in [1.29, 1.82) is 0 Å². The second-order valence-electron chi connectivity index (χ2n) is 14.8. The molecule has 0 unspecified atom stereocenters. The molecule has 0 aliphatic heterocycles. The van der Waals surface area contributed by atoms with Crippen molar-refractivity contribution in [3.8, 4) is 11.5 Å². The number of nitrogens with two attached hydrogens (primary N) is 1. The van der Waals surface area contributed by atoms with Crippen LogP contribution in [-0.2, 0) is 61.3 Å². The van der Waals surface area contributed by atoms with Crippen molar-refractivity contribution in [1.82, 2.24) is 24.7 Å². The van der Waals surface area contributed by atoms with Gasteiger partial charge in [-0.05, 0) is 67.3 Å². The first-order valence-corrected chi connectivity index (χ1v) is 25.2. The Labute approximate surface area is 463 Å². The van der Waals surface area contributed by atoms with Gasteiger partial charge in [-0.3, -0.25) is 4.39 Å². The predicted octanol–water partition coefficient (Wildman–Crippen LogP) is 8.34. The Morgan fingerprint density at radius 1 is 0.605 bits per heavy atom. The number of hydrogen-bond donors (Lipinski definition) is 6. The summed E-state index contributed by atoms with van der Waals surface area (Å²) in [6, 6.07) is 15.8. The number of hydrogen-bond acceptors (Lipinski definition) is 17. The molecule has 4 aromatic carbocycles. The normalized spacial score (nSPS) is 10.9. The number of sulfonamides is 1. The minimum absolute atomic E-state index is 0. The van der Waals surface area contributed by atoms with Crippen LogP contribution in [0.3, 0.4) is 0 Å². The van der Waals surface area contributed by atoms with Crippen LogP contribution in [0.2, 0.25) is 0 Å². The van der Waals surface area contributed by atoms with E-state index in [1.165, 1.54) is 0 Å². The molecule has 0 spiro atoms. The molecule has 0 bridgehead atoms. The zero-order chi connectivity index (χ0) is 54.8. The molecule has 18 nitrogen and oxygen atoms in total. The largest absolute Gasteiger partial charge is 0.491 e. The number of ether oxygens (including phenoxy) is 4. The molecule has 6 rings (SSSR count). The van der Waals surface area contributed by atoms with Crippen LogP contribution in [0.25, 0.3) is 0 Å². The van der Waals surface area contributed by atoms with Gasteiger partial charge in [-0.25, -0.2) is 62.3 Å². The number of anilines is 6. The van der Waals surface area contributed by atoms with E-state index in [-0.39, 0.29) is 70.8 Å². The summed E-state index contributed by atoms with van der Waals surface area (Å²) in [5, 5.41) is 11.3. The third-order valence-corrected chi connectivity index (χ3v) is 12.6. The molecule has 30 heteroatoms. The quantitative estimate of drug-likeness (QED) is 0.0123. The maximum atomic E-state index is 14.1. The zero-order valence-electron chi connectivity index (χ0n) is 40.4. The third-order valence-electron chi connectivity index (χ3n) is 9.48. The van der Waals surface area contributed by atoms with Gasteiger partial charge in [0, 0.05) is 112 Å². The monoisotopic (exact) mass is 1210 g/mol. The van der Waals surface area contributed by atoms with Gasteiger partial charge in [-0.1, -0.05) is 14.4 Å². The minimum Gasteiger partial charge on any atom is -0.491 e. The fourth-order valence-corrected chi connectivity index (χ4v) is 8.73. The number of aromatic nitrogens is 4. The predicted molar refractivity (Wildman–Crippen MR) is 265 cm³/mol. The summed E-state index contributed by atoms with van der Waals surface area (Å²) in [5.74, 6) is -9.68. The maximum absolute atomic E-state index is 14.1. The first-order chi connectivity index (χ1) is 35.0. The van der Waals surface area contributed by atoms with Gasteiger partial charge in [0.1, 0.15) is 24.7 Å². The van der Waals surface area contributed by atoms with Crippen molar-refractivity contribution in [2.45, 2.75) is 38.0 Å². The average molecular weight is 1210 g/mol. The van der Waals surface area contributed by atoms with Crippen molar-refractivity contribution in [3.63, 3.8) is 0 Å². The molecule has 0 atom stereocenters. The van der Waals surface area contributed by atoms with E-state index in [4.69, 9.17) is 35.4 Å². The topological polar surface area (TPSA) is 243 Å². The summed E-state index contributed by atoms with van der Waals surface area (Å²) in [6.07, 6.45) is 2.03. The number of methoxy groups -OCH3 is 2. The molecule has 6 aromatic rings. The van der Waals surface area contributed by atoms with Gasteiger partial charge in [0.15, 0.2) is 40.7 Å². The Bertz CT molecular complexity index is 3050. The van der Waals surface area contributed by atoms with Crippen LogP contribution in [0.15, 0.2) is 70.7 Å². The van der Waals surface area contributed by atoms with Crippen LogP contribution < -0.4 is 41.2 Å². The van der Waals surface area contributed by atoms with Crippen LogP contribution in [0, 0.1) is 73.4 Å². The van der Waals surface area contributed by atoms with Gasteiger partial charge in [0.05, 0.1) is 42.1 Å². The summed E-state index contributed by atoms with van der Waals surface area (Å²) in [6.45, 7) is 5.22. The summed E-state index contributed by atoms with van der Waals surface area (Å²) >= 11 is 0. The summed E-state index contributed by atoms with van der Waals surface area (Å²) in [5.41, 5.74) is 5.07. The van der Waals surface area contributed by atoms with Gasteiger partial charge < -0.3 is 45.9 Å². The molecule has 1 radical (unpaired) electrons. The Morgan fingerprint density at radius 2 is 1.03 bits per heavy atom. The van der Waals surface area contributed by atoms with Crippen molar-refractivity contribution in [2.24, 2.45) is 5.73 Å². The van der Waals surface area contributed by atoms with Crippen molar-refractivity contribution >= 4 is 64.7 Å². The average Bonchev–Trinajstić information content (AvgIpc) is 3.36. The Balaban J connectivity index is 0.000000423. The second-order valence-corrected chi connectivity index (χ2v) is 19.0. The van der Waals surface area contributed by atoms with Gasteiger partial charge in [-0.2, -0.15) is 9.97 Å². The summed E-state index contributed by atoms with van der Waals surface area (Å²) < 4.78 is 176. The Morgan fingerprint density at radius 3 is 1.43 bits per heavy atom. The van der Waals surface area contributed by atoms with E-state index in [2.05, 4.69) is 45.9 Å². The molecule has 0 fully saturated rings. The van der Waals surface area contributed by atoms with Crippen molar-refractivity contribution in [2.75, 3.05) is 88.1 Å². The van der Waals surface area contributed by atoms with E-state index in [0.717, 1.165) is 44.6 Å². The number of halogens is 9. The maximum Gasteiger partial charge on any atom is 0.262 e. The van der Waals surface area contributed by atoms with Crippen LogP contribution in [0.4, 0.5) is 70.0 Å². The second kappa shape index (κ2) is 31.6. The minimum atomic E-state index is -4.43. The summed E-state index contributed by atoms with van der Waals surface area (Å²) in [4.78, 5) is 14.3. The summed E-state index contributed by atoms with van der Waals surface area (Å²) in [7, 11) is -0.555. The van der Waals surface area contributed by atoms with E-state index in [1.807, 2.05) is 24.3 Å². The number of rotatable bonds is 22. The van der Waals surface area contributed by atoms with Gasteiger partial charge in [0.25, 0.3) is 9.05 Å². The first kappa shape index (κ1) is 66.5. The third kappa shape index (κ3) is 19.5. The molecule has 0 amide bonds. The fraction of sp³-hybridized carbons (Fsp3) is 0.304. The first-order valence-electron chi connectivity index (χ1n) is 21.4. The number of benzene rings is 4. The van der Waals surface area contributed by atoms with E-state index in [0.29, 0.717) is 56.9 Å². The smallest absolute Gasteiger partial charge is 0.262 e.